The van der Waals surface area contributed by atoms with Gasteiger partial charge in [0.05, 0.1) is 6.26 Å². The molecule has 0 bridgehead atoms. The molecular weight excluding hydrogens is 208 g/mol. The van der Waals surface area contributed by atoms with Crippen LogP contribution in [0.4, 0.5) is 0 Å². The van der Waals surface area contributed by atoms with Gasteiger partial charge in [-0.25, -0.2) is 0 Å². The largest absolute Gasteiger partial charge is 0.498 e. The Bertz CT molecular complexity index is 192. The molecule has 100 valence electrons. The second-order valence-electron chi connectivity index (χ2n) is 5.38. The fourth-order valence-electron chi connectivity index (χ4n) is 2.75. The third-order valence-electron chi connectivity index (χ3n) is 3.82. The van der Waals surface area contributed by atoms with E-state index in [4.69, 9.17) is 4.74 Å². The molecule has 0 heterocycles. The van der Waals surface area contributed by atoms with Crippen LogP contribution in [-0.4, -0.2) is 6.10 Å². The molecular formula is C16H30O. The van der Waals surface area contributed by atoms with Crippen molar-refractivity contribution in [1.29, 1.82) is 0 Å². The minimum atomic E-state index is 0.484. The van der Waals surface area contributed by atoms with Crippen LogP contribution in [0.3, 0.4) is 0 Å². The minimum Gasteiger partial charge on any atom is -0.498 e. The Morgan fingerprint density at radius 3 is 2.53 bits per heavy atom. The molecule has 1 heteroatoms. The average Bonchev–Trinajstić information content (AvgIpc) is 2.38. The van der Waals surface area contributed by atoms with Gasteiger partial charge in [0.1, 0.15) is 6.10 Å². The maximum atomic E-state index is 5.99. The molecule has 0 aliphatic heterocycles. The lowest BCUT2D eigenvalue weighted by atomic mass is 9.84. The van der Waals surface area contributed by atoms with Gasteiger partial charge in [0.25, 0.3) is 0 Å². The highest BCUT2D eigenvalue weighted by Gasteiger charge is 2.23. The summed E-state index contributed by atoms with van der Waals surface area (Å²) in [7, 11) is 0. The standard InChI is InChI=1S/C16H30O/c1-3-5-6-10-14-17-16(11-4-2)15-12-8-7-9-13-15/h10,14-16H,3-9,11-13H2,1-2H3. The third-order valence-corrected chi connectivity index (χ3v) is 3.82. The van der Waals surface area contributed by atoms with E-state index < -0.39 is 0 Å². The van der Waals surface area contributed by atoms with Gasteiger partial charge in [-0.15, -0.1) is 0 Å². The lowest BCUT2D eigenvalue weighted by Gasteiger charge is -2.29. The maximum Gasteiger partial charge on any atom is 0.101 e. The molecule has 0 aromatic rings. The first-order valence-electron chi connectivity index (χ1n) is 7.69. The van der Waals surface area contributed by atoms with Crippen molar-refractivity contribution in [3.8, 4) is 0 Å². The van der Waals surface area contributed by atoms with Gasteiger partial charge in [-0.3, -0.25) is 0 Å². The normalized spacial score (nSPS) is 19.6. The fourth-order valence-corrected chi connectivity index (χ4v) is 2.75. The van der Waals surface area contributed by atoms with E-state index in [2.05, 4.69) is 19.9 Å². The Hall–Kier alpha value is -0.460. The molecule has 1 nitrogen and oxygen atoms in total. The molecule has 0 aromatic heterocycles. The van der Waals surface area contributed by atoms with Crippen molar-refractivity contribution >= 4 is 0 Å². The van der Waals surface area contributed by atoms with E-state index in [1.54, 1.807) is 0 Å². The zero-order valence-corrected chi connectivity index (χ0v) is 11.8. The van der Waals surface area contributed by atoms with Crippen molar-refractivity contribution in [3.63, 3.8) is 0 Å². The van der Waals surface area contributed by atoms with Crippen LogP contribution in [0.15, 0.2) is 12.3 Å². The molecule has 1 rings (SSSR count). The number of ether oxygens (including phenoxy) is 1. The van der Waals surface area contributed by atoms with E-state index in [9.17, 15) is 0 Å². The minimum absolute atomic E-state index is 0.484. The first kappa shape index (κ1) is 14.6. The molecule has 0 radical (unpaired) electrons. The zero-order chi connectivity index (χ0) is 12.3. The van der Waals surface area contributed by atoms with Crippen molar-refractivity contribution < 1.29 is 4.74 Å². The summed E-state index contributed by atoms with van der Waals surface area (Å²) < 4.78 is 5.99. The number of rotatable bonds is 8. The predicted octanol–water partition coefficient (Wildman–Crippen LogP) is 5.46. The maximum absolute atomic E-state index is 5.99. The summed E-state index contributed by atoms with van der Waals surface area (Å²) in [5.41, 5.74) is 0. The summed E-state index contributed by atoms with van der Waals surface area (Å²) >= 11 is 0. The van der Waals surface area contributed by atoms with Crippen molar-refractivity contribution in [2.45, 2.75) is 84.2 Å². The monoisotopic (exact) mass is 238 g/mol. The second kappa shape index (κ2) is 9.56. The summed E-state index contributed by atoms with van der Waals surface area (Å²) in [6.07, 6.45) is 17.9. The van der Waals surface area contributed by atoms with E-state index in [1.165, 1.54) is 64.2 Å². The number of hydrogen-bond donors (Lipinski definition) is 0. The predicted molar refractivity (Wildman–Crippen MR) is 75.0 cm³/mol. The number of unbranched alkanes of at least 4 members (excludes halogenated alkanes) is 2. The van der Waals surface area contributed by atoms with Gasteiger partial charge < -0.3 is 4.74 Å². The van der Waals surface area contributed by atoms with Crippen LogP contribution >= 0.6 is 0 Å². The first-order valence-corrected chi connectivity index (χ1v) is 7.69. The van der Waals surface area contributed by atoms with E-state index in [0.717, 1.165) is 5.92 Å². The van der Waals surface area contributed by atoms with Crippen LogP contribution in [-0.2, 0) is 4.74 Å². The van der Waals surface area contributed by atoms with Crippen LogP contribution in [0, 0.1) is 5.92 Å². The molecule has 17 heavy (non-hydrogen) atoms. The number of hydrogen-bond acceptors (Lipinski definition) is 1. The zero-order valence-electron chi connectivity index (χ0n) is 11.8. The quantitative estimate of drug-likeness (QED) is 0.403. The van der Waals surface area contributed by atoms with Crippen LogP contribution in [0.1, 0.15) is 78.1 Å². The summed E-state index contributed by atoms with van der Waals surface area (Å²) in [6, 6.07) is 0. The summed E-state index contributed by atoms with van der Waals surface area (Å²) in [4.78, 5) is 0. The van der Waals surface area contributed by atoms with Crippen molar-refractivity contribution in [1.82, 2.24) is 0 Å². The molecule has 1 atom stereocenters. The Balaban J connectivity index is 2.28. The van der Waals surface area contributed by atoms with Gasteiger partial charge in [-0.05, 0) is 44.1 Å². The highest BCUT2D eigenvalue weighted by atomic mass is 16.5. The molecule has 1 aliphatic rings. The molecule has 1 saturated carbocycles. The Morgan fingerprint density at radius 2 is 1.88 bits per heavy atom. The molecule has 0 saturated heterocycles. The summed E-state index contributed by atoms with van der Waals surface area (Å²) in [5, 5.41) is 0. The molecule has 1 aliphatic carbocycles. The molecule has 1 unspecified atom stereocenters. The van der Waals surface area contributed by atoms with Crippen molar-refractivity contribution in [2.75, 3.05) is 0 Å². The van der Waals surface area contributed by atoms with E-state index >= 15 is 0 Å². The van der Waals surface area contributed by atoms with Gasteiger partial charge >= 0.3 is 0 Å². The summed E-state index contributed by atoms with van der Waals surface area (Å²) in [5.74, 6) is 0.819. The van der Waals surface area contributed by atoms with Gasteiger partial charge in [-0.1, -0.05) is 46.0 Å². The van der Waals surface area contributed by atoms with Crippen LogP contribution < -0.4 is 0 Å². The summed E-state index contributed by atoms with van der Waals surface area (Å²) in [6.45, 7) is 4.50. The van der Waals surface area contributed by atoms with E-state index in [1.807, 2.05) is 6.26 Å². The van der Waals surface area contributed by atoms with Crippen LogP contribution in [0.2, 0.25) is 0 Å². The van der Waals surface area contributed by atoms with Crippen LogP contribution in [0.5, 0.6) is 0 Å². The molecule has 0 N–H and O–H groups in total. The molecule has 0 spiro atoms. The van der Waals surface area contributed by atoms with Crippen molar-refractivity contribution in [3.05, 3.63) is 12.3 Å². The van der Waals surface area contributed by atoms with E-state index in [0.29, 0.717) is 6.10 Å². The fraction of sp³-hybridized carbons (Fsp3) is 0.875. The molecule has 0 amide bonds. The van der Waals surface area contributed by atoms with Gasteiger partial charge in [0.15, 0.2) is 0 Å². The van der Waals surface area contributed by atoms with E-state index in [-0.39, 0.29) is 0 Å². The Morgan fingerprint density at radius 1 is 1.12 bits per heavy atom. The topological polar surface area (TPSA) is 9.23 Å². The highest BCUT2D eigenvalue weighted by molar-refractivity contribution is 4.79. The first-order chi connectivity index (χ1) is 8.38. The van der Waals surface area contributed by atoms with Crippen molar-refractivity contribution in [2.24, 2.45) is 5.92 Å². The average molecular weight is 238 g/mol. The Kier molecular flexibility index (Phi) is 8.21. The van der Waals surface area contributed by atoms with Crippen LogP contribution in [0.25, 0.3) is 0 Å². The Labute approximate surface area is 108 Å². The SMILES string of the molecule is CCCCC=COC(CCC)C1CCCCC1. The molecule has 0 aromatic carbocycles. The molecule has 1 fully saturated rings. The smallest absolute Gasteiger partial charge is 0.101 e. The van der Waals surface area contributed by atoms with Gasteiger partial charge in [0.2, 0.25) is 0 Å². The van der Waals surface area contributed by atoms with Gasteiger partial charge in [0, 0.05) is 0 Å². The third kappa shape index (κ3) is 6.14. The van der Waals surface area contributed by atoms with Gasteiger partial charge in [-0.2, -0.15) is 0 Å². The lowest BCUT2D eigenvalue weighted by molar-refractivity contribution is 0.0585. The number of allylic oxidation sites excluding steroid dienone is 1. The lowest BCUT2D eigenvalue weighted by Crippen LogP contribution is -2.24. The second-order valence-corrected chi connectivity index (χ2v) is 5.38. The highest BCUT2D eigenvalue weighted by Crippen LogP contribution is 2.30.